The summed E-state index contributed by atoms with van der Waals surface area (Å²) in [5, 5.41) is 19.5. The van der Waals surface area contributed by atoms with Gasteiger partial charge in [0.1, 0.15) is 34.7 Å². The van der Waals surface area contributed by atoms with E-state index in [-0.39, 0.29) is 41.0 Å². The lowest BCUT2D eigenvalue weighted by molar-refractivity contribution is -0.265. The number of primary amides is 1. The molecule has 2 amide bonds. The number of aliphatic hydroxyl groups is 1. The summed E-state index contributed by atoms with van der Waals surface area (Å²) in [7, 11) is 1.41. The summed E-state index contributed by atoms with van der Waals surface area (Å²) in [6.07, 6.45) is 0.115. The van der Waals surface area contributed by atoms with Crippen LogP contribution in [0.1, 0.15) is 47.4 Å². The highest BCUT2D eigenvalue weighted by Gasteiger charge is 2.57. The molecule has 1 aliphatic heterocycles. The first-order valence-electron chi connectivity index (χ1n) is 14.5. The molecule has 2 atom stereocenters. The van der Waals surface area contributed by atoms with Gasteiger partial charge in [-0.25, -0.2) is 4.98 Å². The Morgan fingerprint density at radius 1 is 1.20 bits per heavy atom. The number of halogens is 3. The normalized spacial score (nSPS) is 19.1. The van der Waals surface area contributed by atoms with Crippen LogP contribution < -0.4 is 20.5 Å². The van der Waals surface area contributed by atoms with E-state index in [2.05, 4.69) is 20.4 Å². The molecule has 2 aliphatic rings. The van der Waals surface area contributed by atoms with Gasteiger partial charge in [0.2, 0.25) is 11.5 Å². The first-order chi connectivity index (χ1) is 21.8. The minimum atomic E-state index is -5.31. The SMILES string of the molecule is COc1cc(C(=O)NCC(O)(c2cc3c(c(-c4ccc5[nH]ccc5c4)n2)OC[C@]3(C)C(N)=O)C(F)(F)F)cc2cn(C3CC3)nc12. The van der Waals surface area contributed by atoms with Gasteiger partial charge in [0.15, 0.2) is 0 Å². The Kier molecular flexibility index (Phi) is 6.56. The van der Waals surface area contributed by atoms with Crippen LogP contribution in [0.25, 0.3) is 33.1 Å². The number of carbonyl (C=O) groups excluding carboxylic acids is 2. The van der Waals surface area contributed by atoms with Gasteiger partial charge < -0.3 is 30.6 Å². The van der Waals surface area contributed by atoms with Crippen LogP contribution in [0.15, 0.2) is 54.9 Å². The molecule has 5 aromatic rings. The van der Waals surface area contributed by atoms with Crippen molar-refractivity contribution in [3.63, 3.8) is 0 Å². The van der Waals surface area contributed by atoms with E-state index in [1.165, 1.54) is 26.2 Å². The van der Waals surface area contributed by atoms with E-state index in [0.29, 0.717) is 16.5 Å². The molecular formula is C32H29F3N6O5. The molecule has 1 unspecified atom stereocenters. The Hall–Kier alpha value is -5.11. The monoisotopic (exact) mass is 634 g/mol. The van der Waals surface area contributed by atoms with Gasteiger partial charge in [-0.3, -0.25) is 14.3 Å². The molecule has 1 aliphatic carbocycles. The highest BCUT2D eigenvalue weighted by molar-refractivity contribution is 6.00. The van der Waals surface area contributed by atoms with Crippen molar-refractivity contribution in [1.82, 2.24) is 25.1 Å². The number of methoxy groups -OCH3 is 1. The number of hydrogen-bond acceptors (Lipinski definition) is 7. The number of fused-ring (bicyclic) bond motifs is 3. The molecule has 0 radical (unpaired) electrons. The Balaban J connectivity index is 1.29. The van der Waals surface area contributed by atoms with Gasteiger partial charge in [-0.05, 0) is 56.2 Å². The van der Waals surface area contributed by atoms with Gasteiger partial charge in [-0.15, -0.1) is 0 Å². The van der Waals surface area contributed by atoms with E-state index in [9.17, 15) is 27.9 Å². The van der Waals surface area contributed by atoms with Gasteiger partial charge >= 0.3 is 6.18 Å². The third-order valence-corrected chi connectivity index (χ3v) is 8.84. The number of nitrogens with zero attached hydrogens (tertiary/aromatic N) is 3. The standard InChI is InChI=1S/C32H29F3N6O5/c1-30(29(36)43)15-46-27-21(30)12-24(39-26(27)17-3-6-22-16(9-17)7-8-37-22)31(44,32(33,34)35)14-38-28(42)18-10-19-13-41(20-4-5-20)40-25(19)23(11-18)45-2/h3,6-13,20,37,44H,4-5,14-15H2,1-2H3,(H2,36,43)(H,38,42)/t30-,31?/m0/s1. The molecule has 46 heavy (non-hydrogen) atoms. The Morgan fingerprint density at radius 2 is 1.98 bits per heavy atom. The van der Waals surface area contributed by atoms with Crippen LogP contribution in [0, 0.1) is 0 Å². The van der Waals surface area contributed by atoms with Gasteiger partial charge in [0.05, 0.1) is 25.4 Å². The fourth-order valence-corrected chi connectivity index (χ4v) is 5.78. The first kappa shape index (κ1) is 29.6. The number of pyridine rings is 1. The van der Waals surface area contributed by atoms with Crippen molar-refractivity contribution in [1.29, 1.82) is 0 Å². The molecule has 2 aromatic carbocycles. The molecule has 1 saturated carbocycles. The summed E-state index contributed by atoms with van der Waals surface area (Å²) < 4.78 is 57.6. The van der Waals surface area contributed by atoms with Crippen LogP contribution >= 0.6 is 0 Å². The van der Waals surface area contributed by atoms with E-state index in [1.54, 1.807) is 41.3 Å². The second-order valence-electron chi connectivity index (χ2n) is 12.0. The largest absolute Gasteiger partial charge is 0.494 e. The Morgan fingerprint density at radius 3 is 2.67 bits per heavy atom. The lowest BCUT2D eigenvalue weighted by Crippen LogP contribution is -2.51. The number of hydrogen-bond donors (Lipinski definition) is 4. The maximum Gasteiger partial charge on any atom is 0.424 e. The van der Waals surface area contributed by atoms with Crippen molar-refractivity contribution >= 4 is 33.6 Å². The highest BCUT2D eigenvalue weighted by Crippen LogP contribution is 2.48. The minimum Gasteiger partial charge on any atom is -0.494 e. The molecule has 238 valence electrons. The molecule has 14 heteroatoms. The molecule has 0 spiro atoms. The van der Waals surface area contributed by atoms with Crippen LogP contribution in [0.5, 0.6) is 11.5 Å². The number of H-pyrrole nitrogens is 1. The van der Waals surface area contributed by atoms with Crippen molar-refractivity contribution in [3.05, 3.63) is 71.7 Å². The molecule has 0 saturated heterocycles. The summed E-state index contributed by atoms with van der Waals surface area (Å²) in [5.41, 5.74) is 1.41. The summed E-state index contributed by atoms with van der Waals surface area (Å²) in [6, 6.07) is 11.0. The van der Waals surface area contributed by atoms with E-state index < -0.39 is 41.2 Å². The van der Waals surface area contributed by atoms with Gasteiger partial charge in [-0.2, -0.15) is 18.3 Å². The Bertz CT molecular complexity index is 2050. The van der Waals surface area contributed by atoms with Crippen molar-refractivity contribution in [2.45, 2.75) is 43.0 Å². The number of ether oxygens (including phenoxy) is 2. The smallest absolute Gasteiger partial charge is 0.424 e. The average molecular weight is 635 g/mol. The maximum atomic E-state index is 14.9. The second kappa shape index (κ2) is 10.2. The van der Waals surface area contributed by atoms with E-state index >= 15 is 0 Å². The molecule has 1 fully saturated rings. The zero-order valence-electron chi connectivity index (χ0n) is 24.7. The number of aromatic nitrogens is 4. The zero-order chi connectivity index (χ0) is 32.6. The lowest BCUT2D eigenvalue weighted by atomic mass is 9.81. The van der Waals surface area contributed by atoms with Crippen molar-refractivity contribution in [2.75, 3.05) is 20.3 Å². The number of rotatable bonds is 8. The van der Waals surface area contributed by atoms with E-state index in [0.717, 1.165) is 29.8 Å². The van der Waals surface area contributed by atoms with Gasteiger partial charge in [-0.1, -0.05) is 6.07 Å². The molecule has 0 bridgehead atoms. The molecule has 5 N–H and O–H groups in total. The molecule has 11 nitrogen and oxygen atoms in total. The second-order valence-corrected chi connectivity index (χ2v) is 12.0. The number of benzene rings is 2. The summed E-state index contributed by atoms with van der Waals surface area (Å²) in [4.78, 5) is 33.2. The highest BCUT2D eigenvalue weighted by atomic mass is 19.4. The van der Waals surface area contributed by atoms with Crippen molar-refractivity contribution < 1.29 is 37.3 Å². The molecular weight excluding hydrogens is 605 g/mol. The molecule has 7 rings (SSSR count). The average Bonchev–Trinajstić information content (AvgIpc) is 3.45. The quantitative estimate of drug-likeness (QED) is 0.199. The Labute approximate surface area is 259 Å². The van der Waals surface area contributed by atoms with E-state index in [1.807, 2.05) is 0 Å². The minimum absolute atomic E-state index is 0.0151. The summed E-state index contributed by atoms with van der Waals surface area (Å²) >= 11 is 0. The van der Waals surface area contributed by atoms with Gasteiger partial charge in [0.25, 0.3) is 5.91 Å². The molecule has 4 heterocycles. The van der Waals surface area contributed by atoms with Crippen molar-refractivity contribution in [2.24, 2.45) is 5.73 Å². The zero-order valence-corrected chi connectivity index (χ0v) is 24.7. The predicted octanol–water partition coefficient (Wildman–Crippen LogP) is 4.24. The molecule has 3 aromatic heterocycles. The third-order valence-electron chi connectivity index (χ3n) is 8.84. The van der Waals surface area contributed by atoms with Gasteiger partial charge in [0, 0.05) is 45.4 Å². The lowest BCUT2D eigenvalue weighted by Gasteiger charge is -2.31. The fraction of sp³-hybridized carbons (Fsp3) is 0.312. The number of nitrogens with two attached hydrogens (primary N) is 1. The number of amides is 2. The predicted molar refractivity (Wildman–Crippen MR) is 160 cm³/mol. The van der Waals surface area contributed by atoms with Crippen LogP contribution in [-0.4, -0.2) is 63.1 Å². The third kappa shape index (κ3) is 4.62. The number of carbonyl (C=O) groups is 2. The summed E-state index contributed by atoms with van der Waals surface area (Å²) in [5.74, 6) is -1.34. The number of aromatic amines is 1. The fourth-order valence-electron chi connectivity index (χ4n) is 5.78. The number of alkyl halides is 3. The maximum absolute atomic E-state index is 14.9. The van der Waals surface area contributed by atoms with Crippen LogP contribution in [0.4, 0.5) is 13.2 Å². The van der Waals surface area contributed by atoms with Crippen LogP contribution in [0.2, 0.25) is 0 Å². The van der Waals surface area contributed by atoms with Crippen LogP contribution in [-0.2, 0) is 15.8 Å². The number of nitrogens with one attached hydrogen (secondary N) is 2. The van der Waals surface area contributed by atoms with Crippen molar-refractivity contribution in [3.8, 4) is 22.8 Å². The summed E-state index contributed by atoms with van der Waals surface area (Å²) in [6.45, 7) is -0.0638. The van der Waals surface area contributed by atoms with E-state index in [4.69, 9.17) is 15.2 Å². The first-order valence-corrected chi connectivity index (χ1v) is 14.5. The topological polar surface area (TPSA) is 157 Å². The van der Waals surface area contributed by atoms with Crippen LogP contribution in [0.3, 0.4) is 0 Å².